The molecular formula is C17H21FN2O3S2. The van der Waals surface area contributed by atoms with Crippen LogP contribution in [0.15, 0.2) is 29.3 Å². The van der Waals surface area contributed by atoms with Crippen LogP contribution in [0.2, 0.25) is 0 Å². The highest BCUT2D eigenvalue weighted by Gasteiger charge is 2.50. The maximum atomic E-state index is 14.4. The molecule has 0 aromatic heterocycles. The molecule has 1 aromatic carbocycles. The molecule has 0 aliphatic carbocycles. The fraction of sp³-hybridized carbons (Fsp3) is 0.529. The molecular weight excluding hydrogens is 363 g/mol. The van der Waals surface area contributed by atoms with Crippen molar-refractivity contribution in [1.82, 2.24) is 0 Å². The topological polar surface area (TPSA) is 66.8 Å². The number of aliphatic imine (C=N–C) groups is 1. The van der Waals surface area contributed by atoms with Gasteiger partial charge in [0.15, 0.2) is 15.0 Å². The van der Waals surface area contributed by atoms with E-state index in [2.05, 4.69) is 4.99 Å². The number of carbonyl (C=O) groups is 1. The Morgan fingerprint density at radius 2 is 2.00 bits per heavy atom. The smallest absolute Gasteiger partial charge is 0.251 e. The molecule has 2 saturated heterocycles. The van der Waals surface area contributed by atoms with Crippen LogP contribution in [-0.4, -0.2) is 42.3 Å². The summed E-state index contributed by atoms with van der Waals surface area (Å²) in [4.78, 5) is 18.3. The van der Waals surface area contributed by atoms with E-state index in [9.17, 15) is 17.6 Å². The van der Waals surface area contributed by atoms with Gasteiger partial charge in [-0.15, -0.1) is 0 Å². The molecule has 2 fully saturated rings. The van der Waals surface area contributed by atoms with Gasteiger partial charge in [0.2, 0.25) is 0 Å². The first kappa shape index (κ1) is 18.4. The number of amidine groups is 1. The molecule has 3 rings (SSSR count). The second-order valence-corrected chi connectivity index (χ2v) is 9.73. The van der Waals surface area contributed by atoms with Gasteiger partial charge in [-0.05, 0) is 25.0 Å². The van der Waals surface area contributed by atoms with E-state index in [1.807, 2.05) is 13.8 Å². The van der Waals surface area contributed by atoms with Crippen LogP contribution in [0.1, 0.15) is 26.7 Å². The fourth-order valence-corrected chi connectivity index (χ4v) is 7.23. The van der Waals surface area contributed by atoms with Gasteiger partial charge >= 0.3 is 0 Å². The first-order chi connectivity index (χ1) is 11.9. The molecule has 2 aliphatic rings. The van der Waals surface area contributed by atoms with Crippen molar-refractivity contribution in [3.63, 3.8) is 0 Å². The third-order valence-electron chi connectivity index (χ3n) is 4.72. The van der Waals surface area contributed by atoms with Gasteiger partial charge in [-0.25, -0.2) is 12.8 Å². The number of hydrogen-bond acceptors (Lipinski definition) is 4. The minimum Gasteiger partial charge on any atom is -0.313 e. The molecule has 0 unspecified atom stereocenters. The molecule has 1 aromatic rings. The Hall–Kier alpha value is -1.41. The van der Waals surface area contributed by atoms with Crippen molar-refractivity contribution in [3.05, 3.63) is 30.1 Å². The number of anilines is 1. The van der Waals surface area contributed by atoms with Crippen LogP contribution in [0, 0.1) is 11.7 Å². The van der Waals surface area contributed by atoms with Gasteiger partial charge in [0, 0.05) is 11.2 Å². The van der Waals surface area contributed by atoms with Gasteiger partial charge in [0.1, 0.15) is 5.82 Å². The number of amides is 1. The highest BCUT2D eigenvalue weighted by molar-refractivity contribution is 8.16. The molecule has 8 heteroatoms. The lowest BCUT2D eigenvalue weighted by molar-refractivity contribution is -0.121. The van der Waals surface area contributed by atoms with Crippen LogP contribution in [-0.2, 0) is 14.6 Å². The van der Waals surface area contributed by atoms with E-state index >= 15 is 0 Å². The lowest BCUT2D eigenvalue weighted by Gasteiger charge is -2.25. The Bertz CT molecular complexity index is 806. The summed E-state index contributed by atoms with van der Waals surface area (Å²) < 4.78 is 38.3. The number of thioether (sulfide) groups is 1. The highest BCUT2D eigenvalue weighted by Crippen LogP contribution is 2.41. The van der Waals surface area contributed by atoms with Crippen LogP contribution >= 0.6 is 11.8 Å². The summed E-state index contributed by atoms with van der Waals surface area (Å²) in [6.45, 7) is 3.87. The molecule has 2 aliphatic heterocycles. The largest absolute Gasteiger partial charge is 0.313 e. The van der Waals surface area contributed by atoms with E-state index in [4.69, 9.17) is 0 Å². The van der Waals surface area contributed by atoms with Crippen molar-refractivity contribution in [2.24, 2.45) is 10.9 Å². The third kappa shape index (κ3) is 3.60. The summed E-state index contributed by atoms with van der Waals surface area (Å²) in [5.41, 5.74) is 0.274. The summed E-state index contributed by atoms with van der Waals surface area (Å²) in [6.07, 6.45) is 1.38. The molecule has 25 heavy (non-hydrogen) atoms. The van der Waals surface area contributed by atoms with E-state index < -0.39 is 15.7 Å². The highest BCUT2D eigenvalue weighted by atomic mass is 32.2. The van der Waals surface area contributed by atoms with Gasteiger partial charge < -0.3 is 4.90 Å². The molecule has 0 radical (unpaired) electrons. The van der Waals surface area contributed by atoms with Crippen LogP contribution < -0.4 is 4.90 Å². The van der Waals surface area contributed by atoms with Gasteiger partial charge in [-0.3, -0.25) is 4.79 Å². The molecule has 136 valence electrons. The van der Waals surface area contributed by atoms with Gasteiger partial charge in [-0.2, -0.15) is 4.99 Å². The number of benzene rings is 1. The summed E-state index contributed by atoms with van der Waals surface area (Å²) in [7, 11) is -3.16. The van der Waals surface area contributed by atoms with E-state index in [0.717, 1.165) is 0 Å². The SMILES string of the molecule is CCC(CC)C(=O)N=C1S[C@H]2CS(=O)(=O)C[C@@H]2N1c1ccccc1F. The maximum Gasteiger partial charge on any atom is 0.251 e. The molecule has 2 heterocycles. The maximum absolute atomic E-state index is 14.4. The van der Waals surface area contributed by atoms with Crippen LogP contribution in [0.3, 0.4) is 0 Å². The molecule has 1 amide bonds. The van der Waals surface area contributed by atoms with Crippen LogP contribution in [0.4, 0.5) is 10.1 Å². The molecule has 0 spiro atoms. The number of para-hydroxylation sites is 1. The minimum absolute atomic E-state index is 0.0332. The number of fused-ring (bicyclic) bond motifs is 1. The summed E-state index contributed by atoms with van der Waals surface area (Å²) in [5, 5.41) is 0.185. The van der Waals surface area contributed by atoms with Gasteiger partial charge in [-0.1, -0.05) is 37.7 Å². The number of halogens is 1. The predicted molar refractivity (Wildman–Crippen MR) is 99.2 cm³/mol. The average molecular weight is 384 g/mol. The predicted octanol–water partition coefficient (Wildman–Crippen LogP) is 2.86. The number of hydrogen-bond donors (Lipinski definition) is 0. The van der Waals surface area contributed by atoms with Crippen LogP contribution in [0.25, 0.3) is 0 Å². The van der Waals surface area contributed by atoms with E-state index in [1.54, 1.807) is 23.1 Å². The van der Waals surface area contributed by atoms with Gasteiger partial charge in [0.25, 0.3) is 5.91 Å². The van der Waals surface area contributed by atoms with Crippen molar-refractivity contribution in [3.8, 4) is 0 Å². The molecule has 0 saturated carbocycles. The second kappa shape index (κ2) is 7.07. The Kier molecular flexibility index (Phi) is 5.20. The fourth-order valence-electron chi connectivity index (χ4n) is 3.32. The number of nitrogens with zero attached hydrogens (tertiary/aromatic N) is 2. The standard InChI is InChI=1S/C17H21FN2O3S2/c1-3-11(4-2)16(21)19-17-20(13-8-6-5-7-12(13)18)14-9-25(22,23)10-15(14)24-17/h5-8,11,14-15H,3-4,9-10H2,1-2H3/t14-,15-/m0/s1. The van der Waals surface area contributed by atoms with Crippen molar-refractivity contribution in [2.75, 3.05) is 16.4 Å². The third-order valence-corrected chi connectivity index (χ3v) is 7.93. The number of carbonyl (C=O) groups excluding carboxylic acids is 1. The van der Waals surface area contributed by atoms with Crippen molar-refractivity contribution >= 4 is 38.4 Å². The first-order valence-corrected chi connectivity index (χ1v) is 11.1. The van der Waals surface area contributed by atoms with Gasteiger partial charge in [0.05, 0.1) is 23.2 Å². The monoisotopic (exact) mass is 384 g/mol. The van der Waals surface area contributed by atoms with Crippen molar-refractivity contribution < 1.29 is 17.6 Å². The lowest BCUT2D eigenvalue weighted by Crippen LogP contribution is -2.38. The quantitative estimate of drug-likeness (QED) is 0.799. The molecule has 0 N–H and O–H groups in total. The average Bonchev–Trinajstić information content (AvgIpc) is 3.00. The van der Waals surface area contributed by atoms with E-state index in [0.29, 0.717) is 18.0 Å². The zero-order valence-electron chi connectivity index (χ0n) is 14.2. The molecule has 0 bridgehead atoms. The van der Waals surface area contributed by atoms with Crippen molar-refractivity contribution in [1.29, 1.82) is 0 Å². The summed E-state index contributed by atoms with van der Waals surface area (Å²) in [5.74, 6) is -0.852. The zero-order chi connectivity index (χ0) is 18.2. The Morgan fingerprint density at radius 1 is 1.32 bits per heavy atom. The molecule has 2 atom stereocenters. The Balaban J connectivity index is 2.01. The molecule has 5 nitrogen and oxygen atoms in total. The lowest BCUT2D eigenvalue weighted by atomic mass is 10.0. The Morgan fingerprint density at radius 3 is 2.64 bits per heavy atom. The Labute approximate surface area is 151 Å². The second-order valence-electron chi connectivity index (χ2n) is 6.37. The first-order valence-electron chi connectivity index (χ1n) is 8.39. The van der Waals surface area contributed by atoms with Crippen molar-refractivity contribution in [2.45, 2.75) is 38.0 Å². The summed E-state index contributed by atoms with van der Waals surface area (Å²) in [6, 6.07) is 5.81. The number of sulfone groups is 1. The zero-order valence-corrected chi connectivity index (χ0v) is 15.8. The van der Waals surface area contributed by atoms with E-state index in [1.165, 1.54) is 17.8 Å². The normalized spacial score (nSPS) is 26.4. The number of rotatable bonds is 4. The summed E-state index contributed by atoms with van der Waals surface area (Å²) >= 11 is 1.27. The van der Waals surface area contributed by atoms with E-state index in [-0.39, 0.29) is 40.3 Å². The minimum atomic E-state index is -3.16. The van der Waals surface area contributed by atoms with Crippen LogP contribution in [0.5, 0.6) is 0 Å².